The number of halogens is 4. The number of nitrogens with zero attached hydrogens (tertiary/aromatic N) is 4. The highest BCUT2D eigenvalue weighted by atomic mass is 79.9. The number of ether oxygens (including phenoxy) is 2. The Kier molecular flexibility index (Phi) is 14.4. The van der Waals surface area contributed by atoms with Crippen molar-refractivity contribution >= 4 is 109 Å². The van der Waals surface area contributed by atoms with E-state index < -0.39 is 11.9 Å². The van der Waals surface area contributed by atoms with Crippen molar-refractivity contribution < 1.29 is 29.3 Å². The lowest BCUT2D eigenvalue weighted by atomic mass is 10.1. The van der Waals surface area contributed by atoms with E-state index in [1.165, 1.54) is 5.69 Å². The second-order valence-electron chi connectivity index (χ2n) is 13.8. The number of nitrogens with one attached hydrogen (secondary N) is 2. The Hall–Kier alpha value is -4.90. The van der Waals surface area contributed by atoms with Crippen LogP contribution in [-0.4, -0.2) is 54.8 Å². The lowest BCUT2D eigenvalue weighted by Crippen LogP contribution is -2.12. The fourth-order valence-electron chi connectivity index (χ4n) is 6.28. The van der Waals surface area contributed by atoms with Crippen molar-refractivity contribution in [3.63, 3.8) is 0 Å². The number of hydrogen-bond donors (Lipinski definition) is 4. The fraction of sp³-hybridized carbons (Fsp3) is 0.209. The van der Waals surface area contributed by atoms with Gasteiger partial charge in [-0.3, -0.25) is 14.3 Å². The highest BCUT2D eigenvalue weighted by Crippen LogP contribution is 2.41. The van der Waals surface area contributed by atoms with Crippen molar-refractivity contribution in [3.8, 4) is 28.7 Å². The number of carboxylic acid groups (broad SMARTS) is 2. The predicted octanol–water partition coefficient (Wildman–Crippen LogP) is 12.2. The summed E-state index contributed by atoms with van der Waals surface area (Å²) in [5.41, 5.74) is 6.41. The van der Waals surface area contributed by atoms with Gasteiger partial charge in [-0.05, 0) is 156 Å². The molecular weight excluding hydrogens is 1020 g/mol. The summed E-state index contributed by atoms with van der Waals surface area (Å²) in [6, 6.07) is 28.8. The number of aromatic nitrogens is 4. The molecule has 0 aliphatic heterocycles. The Morgan fingerprint density at radius 3 is 1.63 bits per heavy atom. The van der Waals surface area contributed by atoms with E-state index in [0.29, 0.717) is 58.2 Å². The van der Waals surface area contributed by atoms with E-state index in [1.54, 1.807) is 24.3 Å². The lowest BCUT2D eigenvalue weighted by molar-refractivity contribution is -0.135. The molecule has 0 atom stereocenters. The van der Waals surface area contributed by atoms with Gasteiger partial charge < -0.3 is 30.3 Å². The van der Waals surface area contributed by atoms with Crippen molar-refractivity contribution in [2.24, 2.45) is 5.92 Å². The average molecular weight is 1060 g/mol. The van der Waals surface area contributed by atoms with Gasteiger partial charge in [-0.1, -0.05) is 39.0 Å². The van der Waals surface area contributed by atoms with Gasteiger partial charge in [0.1, 0.15) is 24.6 Å². The highest BCUT2D eigenvalue weighted by molar-refractivity contribution is 9.11. The standard InChI is InChI=1S/C22H17Br2N3O3.C21H23Br2N3O3/c1-13-17-11-16(7-8-20(17)26-27(13)15-5-3-2-4-6-15)30-22-18(23)9-14(10-19(22)24)25-12-21(28)29;1-4-19-15-9-14(5-6-18(15)25-26(19)11-12(2)3)29-21-16(22)7-13(8-17(21)23)24-10-20(27)28/h2-11,25H,12H2,1H3,(H,28,29);5-9,12,24H,4,10-11H2,1-3H3,(H,27,28). The summed E-state index contributed by atoms with van der Waals surface area (Å²) in [5.74, 6) is 1.28. The van der Waals surface area contributed by atoms with Crippen LogP contribution >= 0.6 is 63.7 Å². The Bertz CT molecular complexity index is 2600. The zero-order chi connectivity index (χ0) is 42.4. The van der Waals surface area contributed by atoms with Crippen LogP contribution in [0.5, 0.6) is 23.0 Å². The van der Waals surface area contributed by atoms with Gasteiger partial charge in [0.15, 0.2) is 11.5 Å². The number of rotatable bonds is 14. The third kappa shape index (κ3) is 10.8. The van der Waals surface area contributed by atoms with E-state index in [0.717, 1.165) is 46.2 Å². The van der Waals surface area contributed by atoms with Crippen LogP contribution < -0.4 is 20.1 Å². The van der Waals surface area contributed by atoms with Crippen LogP contribution in [0.2, 0.25) is 0 Å². The third-order valence-corrected chi connectivity index (χ3v) is 11.3. The van der Waals surface area contributed by atoms with Crippen LogP contribution in [-0.2, 0) is 22.6 Å². The number of aliphatic carboxylic acids is 2. The van der Waals surface area contributed by atoms with Gasteiger partial charge in [-0.25, -0.2) is 4.68 Å². The summed E-state index contributed by atoms with van der Waals surface area (Å²) in [5, 5.41) is 34.9. The van der Waals surface area contributed by atoms with Gasteiger partial charge in [0.05, 0.1) is 34.6 Å². The topological polar surface area (TPSA) is 153 Å². The minimum absolute atomic E-state index is 0.157. The molecule has 4 N–H and O–H groups in total. The van der Waals surface area contributed by atoms with Crippen molar-refractivity contribution in [2.45, 2.75) is 40.7 Å². The van der Waals surface area contributed by atoms with Gasteiger partial charge in [-0.15, -0.1) is 0 Å². The van der Waals surface area contributed by atoms with E-state index in [1.807, 2.05) is 78.3 Å². The van der Waals surface area contributed by atoms with Crippen molar-refractivity contribution in [1.82, 2.24) is 19.6 Å². The number of carboxylic acids is 2. The molecule has 0 saturated carbocycles. The molecule has 0 amide bonds. The van der Waals surface area contributed by atoms with E-state index >= 15 is 0 Å². The molecule has 0 bridgehead atoms. The summed E-state index contributed by atoms with van der Waals surface area (Å²) in [4.78, 5) is 21.5. The van der Waals surface area contributed by atoms with Gasteiger partial charge in [0, 0.05) is 40.1 Å². The fourth-order valence-corrected chi connectivity index (χ4v) is 8.98. The van der Waals surface area contributed by atoms with Crippen LogP contribution in [0.3, 0.4) is 0 Å². The first-order chi connectivity index (χ1) is 28.2. The zero-order valence-corrected chi connectivity index (χ0v) is 38.7. The highest BCUT2D eigenvalue weighted by Gasteiger charge is 2.17. The minimum Gasteiger partial charge on any atom is -0.480 e. The average Bonchev–Trinajstić information content (AvgIpc) is 3.71. The maximum atomic E-state index is 10.8. The molecule has 7 rings (SSSR count). The maximum Gasteiger partial charge on any atom is 0.322 e. The summed E-state index contributed by atoms with van der Waals surface area (Å²) in [6.45, 7) is 9.10. The number of fused-ring (bicyclic) bond motifs is 2. The molecule has 16 heteroatoms. The molecule has 7 aromatic rings. The summed E-state index contributed by atoms with van der Waals surface area (Å²) in [7, 11) is 0. The molecule has 5 aromatic carbocycles. The Balaban J connectivity index is 0.000000199. The van der Waals surface area contributed by atoms with Gasteiger partial charge in [0.2, 0.25) is 0 Å². The second-order valence-corrected chi connectivity index (χ2v) is 17.2. The largest absolute Gasteiger partial charge is 0.480 e. The predicted molar refractivity (Wildman–Crippen MR) is 246 cm³/mol. The smallest absolute Gasteiger partial charge is 0.322 e. The number of benzene rings is 5. The number of aryl methyl sites for hydroxylation is 2. The summed E-state index contributed by atoms with van der Waals surface area (Å²) in [6.07, 6.45) is 0.893. The van der Waals surface area contributed by atoms with Gasteiger partial charge in [0.25, 0.3) is 0 Å². The quantitative estimate of drug-likeness (QED) is 0.0828. The molecule has 0 saturated heterocycles. The monoisotopic (exact) mass is 1050 g/mol. The molecule has 0 unspecified atom stereocenters. The molecule has 59 heavy (non-hydrogen) atoms. The number of para-hydroxylation sites is 1. The van der Waals surface area contributed by atoms with Crippen LogP contribution in [0.15, 0.2) is 109 Å². The van der Waals surface area contributed by atoms with Crippen LogP contribution in [0.4, 0.5) is 11.4 Å². The first kappa shape index (κ1) is 43.7. The molecule has 2 heterocycles. The van der Waals surface area contributed by atoms with Crippen molar-refractivity contribution in [3.05, 3.63) is 120 Å². The SMILES string of the molecule is CCc1c2cc(Oc3c(Br)cc(NCC(=O)O)cc3Br)ccc2nn1CC(C)C.Cc1c2cc(Oc3c(Br)cc(NCC(=O)O)cc3Br)ccc2nn1-c1ccccc1. The molecule has 12 nitrogen and oxygen atoms in total. The third-order valence-electron chi connectivity index (χ3n) is 8.90. The van der Waals surface area contributed by atoms with Crippen LogP contribution in [0.1, 0.15) is 32.2 Å². The lowest BCUT2D eigenvalue weighted by Gasteiger charge is -2.13. The first-order valence-corrected chi connectivity index (χ1v) is 21.7. The van der Waals surface area contributed by atoms with Crippen LogP contribution in [0.25, 0.3) is 27.5 Å². The Morgan fingerprint density at radius 2 is 1.17 bits per heavy atom. The van der Waals surface area contributed by atoms with E-state index in [4.69, 9.17) is 29.9 Å². The number of anilines is 2. The molecule has 0 fully saturated rings. The van der Waals surface area contributed by atoms with Crippen molar-refractivity contribution in [1.29, 1.82) is 0 Å². The Labute approximate surface area is 374 Å². The Morgan fingerprint density at radius 1 is 0.695 bits per heavy atom. The first-order valence-electron chi connectivity index (χ1n) is 18.5. The number of hydrogen-bond acceptors (Lipinski definition) is 8. The van der Waals surface area contributed by atoms with Gasteiger partial charge in [-0.2, -0.15) is 10.2 Å². The van der Waals surface area contributed by atoms with E-state index in [2.05, 4.69) is 99.8 Å². The zero-order valence-electron chi connectivity index (χ0n) is 32.4. The second kappa shape index (κ2) is 19.4. The summed E-state index contributed by atoms with van der Waals surface area (Å²) >= 11 is 14.0. The number of carbonyl (C=O) groups is 2. The van der Waals surface area contributed by atoms with Crippen molar-refractivity contribution in [2.75, 3.05) is 23.7 Å². The van der Waals surface area contributed by atoms with Gasteiger partial charge >= 0.3 is 11.9 Å². The minimum atomic E-state index is -0.928. The normalized spacial score (nSPS) is 11.1. The van der Waals surface area contributed by atoms with Crippen LogP contribution in [0, 0.1) is 12.8 Å². The summed E-state index contributed by atoms with van der Waals surface area (Å²) < 4.78 is 19.1. The van der Waals surface area contributed by atoms with E-state index in [9.17, 15) is 9.59 Å². The molecular formula is C43H40Br4N6O6. The molecule has 0 spiro atoms. The van der Waals surface area contributed by atoms with E-state index in [-0.39, 0.29) is 13.1 Å². The molecule has 306 valence electrons. The molecule has 0 radical (unpaired) electrons. The molecule has 0 aliphatic rings. The maximum absolute atomic E-state index is 10.8. The molecule has 0 aliphatic carbocycles. The molecule has 2 aromatic heterocycles.